The van der Waals surface area contributed by atoms with Gasteiger partial charge in [-0.05, 0) is 111 Å². The number of aryl methyl sites for hydroxylation is 1. The summed E-state index contributed by atoms with van der Waals surface area (Å²) in [5.74, 6) is 4.25. The van der Waals surface area contributed by atoms with Gasteiger partial charge in [0.2, 0.25) is 0 Å². The van der Waals surface area contributed by atoms with Gasteiger partial charge in [0.15, 0.2) is 0 Å². The molecule has 0 bridgehead atoms. The molecule has 0 unspecified atom stereocenters. The van der Waals surface area contributed by atoms with Crippen molar-refractivity contribution in [3.63, 3.8) is 0 Å². The van der Waals surface area contributed by atoms with Crippen LogP contribution in [-0.4, -0.2) is 7.11 Å². The maximum Gasteiger partial charge on any atom is 0.134 e. The summed E-state index contributed by atoms with van der Waals surface area (Å²) < 4.78 is 20.3. The van der Waals surface area contributed by atoms with Gasteiger partial charge in [0, 0.05) is 5.39 Å². The lowest BCUT2D eigenvalue weighted by molar-refractivity contribution is 0.152. The van der Waals surface area contributed by atoms with Gasteiger partial charge in [0.05, 0.1) is 7.11 Å². The number of methoxy groups -OCH3 is 1. The molecule has 0 atom stereocenters. The molecule has 0 radical (unpaired) electrons. The van der Waals surface area contributed by atoms with Gasteiger partial charge in [-0.3, -0.25) is 0 Å². The Hall–Kier alpha value is -1.83. The Morgan fingerprint density at radius 3 is 2.34 bits per heavy atom. The molecule has 0 aliphatic heterocycles. The Kier molecular flexibility index (Phi) is 8.27. The van der Waals surface area contributed by atoms with Crippen molar-refractivity contribution in [2.24, 2.45) is 23.7 Å². The summed E-state index contributed by atoms with van der Waals surface area (Å²) in [6, 6.07) is 9.65. The minimum Gasteiger partial charge on any atom is -0.497 e. The molecule has 4 rings (SSSR count). The molecule has 32 heavy (non-hydrogen) atoms. The first kappa shape index (κ1) is 23.3. The quantitative estimate of drug-likeness (QED) is 0.375. The summed E-state index contributed by atoms with van der Waals surface area (Å²) in [7, 11) is 1.65. The lowest BCUT2D eigenvalue weighted by atomic mass is 9.68. The number of halogens is 1. The van der Waals surface area contributed by atoms with Crippen LogP contribution in [0.3, 0.4) is 0 Å². The van der Waals surface area contributed by atoms with Crippen molar-refractivity contribution in [2.45, 2.75) is 84.0 Å². The van der Waals surface area contributed by atoms with Gasteiger partial charge in [0.25, 0.3) is 0 Å². The summed E-state index contributed by atoms with van der Waals surface area (Å²) in [6.07, 6.45) is 20.5. The number of fused-ring (bicyclic) bond motifs is 1. The monoisotopic (exact) mass is 436 g/mol. The second-order valence-electron chi connectivity index (χ2n) is 10.3. The number of hydrogen-bond acceptors (Lipinski definition) is 1. The highest BCUT2D eigenvalue weighted by atomic mass is 19.1. The molecule has 2 heteroatoms. The molecule has 174 valence electrons. The Labute approximate surface area is 194 Å². The van der Waals surface area contributed by atoms with Crippen LogP contribution in [0.15, 0.2) is 42.5 Å². The van der Waals surface area contributed by atoms with E-state index in [-0.39, 0.29) is 5.82 Å². The van der Waals surface area contributed by atoms with Crippen LogP contribution in [0.4, 0.5) is 4.39 Å². The largest absolute Gasteiger partial charge is 0.497 e. The predicted molar refractivity (Wildman–Crippen MR) is 134 cm³/mol. The van der Waals surface area contributed by atoms with Crippen molar-refractivity contribution in [3.05, 3.63) is 53.9 Å². The highest BCUT2D eigenvalue weighted by Gasteiger charge is 2.30. The number of benzene rings is 2. The fraction of sp³-hybridized carbons (Fsp3) is 0.600. The van der Waals surface area contributed by atoms with E-state index in [0.717, 1.165) is 53.2 Å². The molecule has 2 aromatic rings. The molecular formula is C30H41FO. The first-order valence-corrected chi connectivity index (χ1v) is 13.1. The molecule has 2 saturated carbocycles. The first-order valence-electron chi connectivity index (χ1n) is 13.1. The SMILES string of the molecule is CCC/C=C/C1CCC(C2CCC(CCc3ccc4cc(OC)ccc4c3F)CC2)CC1. The molecule has 0 aromatic heterocycles. The van der Waals surface area contributed by atoms with E-state index in [4.69, 9.17) is 4.74 Å². The highest BCUT2D eigenvalue weighted by molar-refractivity contribution is 5.85. The highest BCUT2D eigenvalue weighted by Crippen LogP contribution is 2.42. The van der Waals surface area contributed by atoms with Crippen LogP contribution in [0, 0.1) is 29.5 Å². The van der Waals surface area contributed by atoms with Crippen molar-refractivity contribution in [1.29, 1.82) is 0 Å². The van der Waals surface area contributed by atoms with Gasteiger partial charge in [-0.1, -0.05) is 50.5 Å². The number of ether oxygens (including phenoxy) is 1. The van der Waals surface area contributed by atoms with Crippen LogP contribution in [0.2, 0.25) is 0 Å². The van der Waals surface area contributed by atoms with Crippen LogP contribution in [0.25, 0.3) is 10.8 Å². The summed E-state index contributed by atoms with van der Waals surface area (Å²) in [5, 5.41) is 1.63. The number of unbranched alkanes of at least 4 members (excludes halogenated alkanes) is 1. The van der Waals surface area contributed by atoms with E-state index in [1.54, 1.807) is 7.11 Å². The predicted octanol–water partition coefficient (Wildman–Crippen LogP) is 8.89. The average Bonchev–Trinajstić information content (AvgIpc) is 2.84. The minimum atomic E-state index is -0.0383. The van der Waals surface area contributed by atoms with E-state index in [1.165, 1.54) is 64.2 Å². The van der Waals surface area contributed by atoms with E-state index < -0.39 is 0 Å². The Morgan fingerprint density at radius 2 is 1.66 bits per heavy atom. The van der Waals surface area contributed by atoms with E-state index in [2.05, 4.69) is 19.1 Å². The maximum absolute atomic E-state index is 15.0. The second-order valence-corrected chi connectivity index (χ2v) is 10.3. The third-order valence-corrected chi connectivity index (χ3v) is 8.30. The number of allylic oxidation sites excluding steroid dienone is 2. The molecule has 0 saturated heterocycles. The topological polar surface area (TPSA) is 9.23 Å². The molecule has 0 N–H and O–H groups in total. The number of hydrogen-bond donors (Lipinski definition) is 0. The van der Waals surface area contributed by atoms with Crippen molar-refractivity contribution in [2.75, 3.05) is 7.11 Å². The van der Waals surface area contributed by atoms with Crippen molar-refractivity contribution < 1.29 is 9.13 Å². The lowest BCUT2D eigenvalue weighted by Gasteiger charge is -2.37. The van der Waals surface area contributed by atoms with Crippen LogP contribution in [0.1, 0.15) is 83.1 Å². The van der Waals surface area contributed by atoms with Gasteiger partial charge in [-0.15, -0.1) is 0 Å². The van der Waals surface area contributed by atoms with Crippen LogP contribution in [0.5, 0.6) is 5.75 Å². The van der Waals surface area contributed by atoms with E-state index in [9.17, 15) is 0 Å². The van der Waals surface area contributed by atoms with Gasteiger partial charge in [0.1, 0.15) is 11.6 Å². The first-order chi connectivity index (χ1) is 15.7. The summed E-state index contributed by atoms with van der Waals surface area (Å²) in [5.41, 5.74) is 0.874. The Balaban J connectivity index is 1.23. The molecule has 1 nitrogen and oxygen atoms in total. The molecule has 0 amide bonds. The zero-order chi connectivity index (χ0) is 22.3. The second kappa shape index (κ2) is 11.3. The maximum atomic E-state index is 15.0. The molecule has 0 spiro atoms. The van der Waals surface area contributed by atoms with E-state index in [0.29, 0.717) is 5.39 Å². The third-order valence-electron chi connectivity index (χ3n) is 8.30. The zero-order valence-corrected chi connectivity index (χ0v) is 20.1. The molecular weight excluding hydrogens is 395 g/mol. The lowest BCUT2D eigenvalue weighted by Crippen LogP contribution is -2.25. The van der Waals surface area contributed by atoms with E-state index in [1.807, 2.05) is 30.3 Å². The molecule has 2 aliphatic rings. The fourth-order valence-electron chi connectivity index (χ4n) is 6.21. The van der Waals surface area contributed by atoms with Gasteiger partial charge in [-0.25, -0.2) is 4.39 Å². The Bertz CT molecular complexity index is 885. The van der Waals surface area contributed by atoms with Crippen molar-refractivity contribution in [1.82, 2.24) is 0 Å². The smallest absolute Gasteiger partial charge is 0.134 e. The third kappa shape index (κ3) is 5.74. The normalized spacial score (nSPS) is 26.6. The summed E-state index contributed by atoms with van der Waals surface area (Å²) in [6.45, 7) is 2.26. The zero-order valence-electron chi connectivity index (χ0n) is 20.1. The van der Waals surface area contributed by atoms with Crippen LogP contribution >= 0.6 is 0 Å². The minimum absolute atomic E-state index is 0.0383. The van der Waals surface area contributed by atoms with Crippen molar-refractivity contribution in [3.8, 4) is 5.75 Å². The van der Waals surface area contributed by atoms with Gasteiger partial charge < -0.3 is 4.74 Å². The van der Waals surface area contributed by atoms with Gasteiger partial charge >= 0.3 is 0 Å². The summed E-state index contributed by atoms with van der Waals surface area (Å²) >= 11 is 0. The number of rotatable bonds is 8. The Morgan fingerprint density at radius 1 is 0.938 bits per heavy atom. The average molecular weight is 437 g/mol. The van der Waals surface area contributed by atoms with Crippen molar-refractivity contribution >= 4 is 10.8 Å². The molecule has 2 aromatic carbocycles. The molecule has 2 aliphatic carbocycles. The van der Waals surface area contributed by atoms with E-state index >= 15 is 4.39 Å². The fourth-order valence-corrected chi connectivity index (χ4v) is 6.21. The van der Waals surface area contributed by atoms with Crippen LogP contribution < -0.4 is 4.74 Å². The standard InChI is InChI=1S/C30H41FO/c1-3-4-5-6-22-7-12-24(13-8-22)25-14-9-23(10-15-25)11-16-26-17-18-27-21-28(32-2)19-20-29(27)30(26)31/h5-6,17-25H,3-4,7-16H2,1-2H3/b6-5+. The van der Waals surface area contributed by atoms with Gasteiger partial charge in [-0.2, -0.15) is 0 Å². The summed E-state index contributed by atoms with van der Waals surface area (Å²) in [4.78, 5) is 0. The van der Waals surface area contributed by atoms with Crippen LogP contribution in [-0.2, 0) is 6.42 Å². The molecule has 2 fully saturated rings. The molecule has 0 heterocycles.